The summed E-state index contributed by atoms with van der Waals surface area (Å²) >= 11 is 0. The van der Waals surface area contributed by atoms with Crippen LogP contribution in [0.3, 0.4) is 0 Å². The molecule has 2 heterocycles. The molecule has 2 N–H and O–H groups in total. The van der Waals surface area contributed by atoms with Gasteiger partial charge in [-0.1, -0.05) is 17.3 Å². The van der Waals surface area contributed by atoms with Crippen molar-refractivity contribution >= 4 is 18.3 Å². The van der Waals surface area contributed by atoms with Crippen LogP contribution < -0.4 is 5.73 Å². The van der Waals surface area contributed by atoms with Crippen molar-refractivity contribution in [2.24, 2.45) is 17.6 Å². The van der Waals surface area contributed by atoms with Crippen LogP contribution in [-0.4, -0.2) is 44.9 Å². The van der Waals surface area contributed by atoms with E-state index < -0.39 is 0 Å². The number of nitrogens with zero attached hydrogens (tertiary/aromatic N) is 4. The Hall–Kier alpha value is -1.99. The third kappa shape index (κ3) is 3.52. The van der Waals surface area contributed by atoms with Crippen molar-refractivity contribution in [2.45, 2.75) is 25.4 Å². The second-order valence-electron chi connectivity index (χ2n) is 6.81. The van der Waals surface area contributed by atoms with E-state index in [2.05, 4.69) is 10.3 Å². The van der Waals surface area contributed by atoms with Gasteiger partial charge in [-0.15, -0.1) is 17.5 Å². The smallest absolute Gasteiger partial charge is 0.276 e. The number of hydrogen-bond donors (Lipinski definition) is 1. The Balaban J connectivity index is 0.00000182. The number of nitrogens with two attached hydrogens (primary N) is 1. The summed E-state index contributed by atoms with van der Waals surface area (Å²) in [7, 11) is 0. The first kappa shape index (κ1) is 17.8. The molecular weight excluding hydrogens is 345 g/mol. The SMILES string of the molecule is Cl.NC1CCC2CN(C(=O)c3cn(Cc4cccc(F)c4)nn3)CC12. The van der Waals surface area contributed by atoms with Crippen molar-refractivity contribution < 1.29 is 9.18 Å². The molecule has 6 nitrogen and oxygen atoms in total. The minimum Gasteiger partial charge on any atom is -0.337 e. The zero-order valence-electron chi connectivity index (χ0n) is 13.7. The van der Waals surface area contributed by atoms with Crippen LogP contribution in [0.25, 0.3) is 0 Å². The van der Waals surface area contributed by atoms with Crippen LogP contribution in [0.15, 0.2) is 30.5 Å². The first-order chi connectivity index (χ1) is 11.6. The average molecular weight is 366 g/mol. The summed E-state index contributed by atoms with van der Waals surface area (Å²) in [6.45, 7) is 1.85. The van der Waals surface area contributed by atoms with E-state index in [-0.39, 0.29) is 30.2 Å². The second-order valence-corrected chi connectivity index (χ2v) is 6.81. The van der Waals surface area contributed by atoms with Crippen molar-refractivity contribution in [1.82, 2.24) is 19.9 Å². The molecule has 0 bridgehead atoms. The summed E-state index contributed by atoms with van der Waals surface area (Å²) in [5.41, 5.74) is 7.23. The van der Waals surface area contributed by atoms with Gasteiger partial charge in [0, 0.05) is 19.1 Å². The molecule has 1 aliphatic carbocycles. The first-order valence-corrected chi connectivity index (χ1v) is 8.29. The molecule has 0 radical (unpaired) electrons. The standard InChI is InChI=1S/C17H20FN5O.ClH/c18-13-3-1-2-11(6-13)7-23-10-16(20-21-23)17(24)22-8-12-4-5-15(19)14(12)9-22;/h1-3,6,10,12,14-15H,4-5,7-9,19H2;1H. The lowest BCUT2D eigenvalue weighted by atomic mass is 9.98. The number of likely N-dealkylation sites (tertiary alicyclic amines) is 1. The Bertz CT molecular complexity index is 767. The van der Waals surface area contributed by atoms with E-state index in [1.807, 2.05) is 11.0 Å². The summed E-state index contributed by atoms with van der Waals surface area (Å²) in [4.78, 5) is 14.5. The maximum absolute atomic E-state index is 13.2. The summed E-state index contributed by atoms with van der Waals surface area (Å²) in [6, 6.07) is 6.52. The Morgan fingerprint density at radius 2 is 2.16 bits per heavy atom. The van der Waals surface area contributed by atoms with Gasteiger partial charge in [0.2, 0.25) is 0 Å². The van der Waals surface area contributed by atoms with E-state index >= 15 is 0 Å². The zero-order valence-corrected chi connectivity index (χ0v) is 14.5. The molecular formula is C17H21ClFN5O. The average Bonchev–Trinajstić information content (AvgIpc) is 3.25. The maximum atomic E-state index is 13.2. The Morgan fingerprint density at radius 3 is 2.92 bits per heavy atom. The van der Waals surface area contributed by atoms with Gasteiger partial charge in [0.1, 0.15) is 5.82 Å². The Kier molecular flexibility index (Phi) is 5.06. The van der Waals surface area contributed by atoms with Crippen LogP contribution in [0, 0.1) is 17.7 Å². The molecule has 4 rings (SSSR count). The molecule has 8 heteroatoms. The molecule has 1 aromatic heterocycles. The predicted molar refractivity (Wildman–Crippen MR) is 92.9 cm³/mol. The Labute approximate surface area is 151 Å². The molecule has 2 fully saturated rings. The number of carbonyl (C=O) groups excluding carboxylic acids is 1. The third-order valence-electron chi connectivity index (χ3n) is 5.19. The summed E-state index contributed by atoms with van der Waals surface area (Å²) < 4.78 is 14.8. The lowest BCUT2D eigenvalue weighted by Gasteiger charge is -2.17. The highest BCUT2D eigenvalue weighted by atomic mass is 35.5. The van der Waals surface area contributed by atoms with E-state index in [1.54, 1.807) is 16.9 Å². The van der Waals surface area contributed by atoms with E-state index in [0.717, 1.165) is 24.9 Å². The summed E-state index contributed by atoms with van der Waals surface area (Å²) in [5, 5.41) is 7.98. The number of benzene rings is 1. The monoisotopic (exact) mass is 365 g/mol. The van der Waals surface area contributed by atoms with Crippen molar-refractivity contribution in [3.05, 3.63) is 47.5 Å². The van der Waals surface area contributed by atoms with E-state index in [0.29, 0.717) is 30.6 Å². The fraction of sp³-hybridized carbons (Fsp3) is 0.471. The lowest BCUT2D eigenvalue weighted by molar-refractivity contribution is 0.0773. The number of hydrogen-bond acceptors (Lipinski definition) is 4. The predicted octanol–water partition coefficient (Wildman–Crippen LogP) is 1.70. The molecule has 0 spiro atoms. The highest BCUT2D eigenvalue weighted by molar-refractivity contribution is 5.92. The van der Waals surface area contributed by atoms with Crippen molar-refractivity contribution in [1.29, 1.82) is 0 Å². The van der Waals surface area contributed by atoms with Gasteiger partial charge in [0.15, 0.2) is 5.69 Å². The molecule has 3 atom stereocenters. The van der Waals surface area contributed by atoms with Gasteiger partial charge in [-0.3, -0.25) is 4.79 Å². The van der Waals surface area contributed by atoms with E-state index in [1.165, 1.54) is 12.1 Å². The molecule has 1 saturated carbocycles. The molecule has 3 unspecified atom stereocenters. The first-order valence-electron chi connectivity index (χ1n) is 8.29. The minimum absolute atomic E-state index is 0. The molecule has 25 heavy (non-hydrogen) atoms. The van der Waals surface area contributed by atoms with Crippen molar-refractivity contribution in [3.8, 4) is 0 Å². The lowest BCUT2D eigenvalue weighted by Crippen LogP contribution is -2.33. The largest absolute Gasteiger partial charge is 0.337 e. The van der Waals surface area contributed by atoms with Crippen LogP contribution in [0.4, 0.5) is 4.39 Å². The molecule has 2 aliphatic rings. The minimum atomic E-state index is -0.288. The second kappa shape index (κ2) is 7.09. The molecule has 2 aromatic rings. The molecule has 1 saturated heterocycles. The topological polar surface area (TPSA) is 77.0 Å². The van der Waals surface area contributed by atoms with Crippen LogP contribution >= 0.6 is 12.4 Å². The van der Waals surface area contributed by atoms with Gasteiger partial charge < -0.3 is 10.6 Å². The van der Waals surface area contributed by atoms with E-state index in [4.69, 9.17) is 5.73 Å². The van der Waals surface area contributed by atoms with Gasteiger partial charge in [-0.2, -0.15) is 0 Å². The fourth-order valence-corrected chi connectivity index (χ4v) is 3.93. The summed E-state index contributed by atoms with van der Waals surface area (Å²) in [5.74, 6) is 0.550. The molecule has 1 amide bonds. The van der Waals surface area contributed by atoms with Crippen molar-refractivity contribution in [3.63, 3.8) is 0 Å². The Morgan fingerprint density at radius 1 is 1.32 bits per heavy atom. The van der Waals surface area contributed by atoms with E-state index in [9.17, 15) is 9.18 Å². The molecule has 134 valence electrons. The molecule has 1 aliphatic heterocycles. The quantitative estimate of drug-likeness (QED) is 0.898. The van der Waals surface area contributed by atoms with Crippen LogP contribution in [-0.2, 0) is 6.54 Å². The van der Waals surface area contributed by atoms with Crippen molar-refractivity contribution in [2.75, 3.05) is 13.1 Å². The van der Waals surface area contributed by atoms with Crippen LogP contribution in [0.5, 0.6) is 0 Å². The number of halogens is 2. The van der Waals surface area contributed by atoms with Gasteiger partial charge in [-0.25, -0.2) is 9.07 Å². The number of amides is 1. The van der Waals surface area contributed by atoms with Crippen LogP contribution in [0.1, 0.15) is 28.9 Å². The van der Waals surface area contributed by atoms with Gasteiger partial charge >= 0.3 is 0 Å². The highest BCUT2D eigenvalue weighted by Gasteiger charge is 2.42. The zero-order chi connectivity index (χ0) is 16.7. The molecule has 1 aromatic carbocycles. The number of carbonyl (C=O) groups is 1. The normalized spacial score (nSPS) is 24.9. The highest BCUT2D eigenvalue weighted by Crippen LogP contribution is 2.37. The van der Waals surface area contributed by atoms with Gasteiger partial charge in [0.25, 0.3) is 5.91 Å². The summed E-state index contributed by atoms with van der Waals surface area (Å²) in [6.07, 6.45) is 3.78. The number of rotatable bonds is 3. The number of fused-ring (bicyclic) bond motifs is 1. The van der Waals surface area contributed by atoms with Gasteiger partial charge in [-0.05, 0) is 42.4 Å². The maximum Gasteiger partial charge on any atom is 0.276 e. The van der Waals surface area contributed by atoms with Crippen LogP contribution in [0.2, 0.25) is 0 Å². The number of aromatic nitrogens is 3. The fourth-order valence-electron chi connectivity index (χ4n) is 3.93. The third-order valence-corrected chi connectivity index (χ3v) is 5.19. The van der Waals surface area contributed by atoms with Gasteiger partial charge in [0.05, 0.1) is 12.7 Å².